The average Bonchev–Trinajstić information content (AvgIpc) is 3.17. The van der Waals surface area contributed by atoms with E-state index >= 15 is 0 Å². The first-order valence-electron chi connectivity index (χ1n) is 17.9. The van der Waals surface area contributed by atoms with Gasteiger partial charge in [0.15, 0.2) is 5.43 Å². The van der Waals surface area contributed by atoms with Crippen LogP contribution in [0.1, 0.15) is 67.0 Å². The van der Waals surface area contributed by atoms with E-state index in [-0.39, 0.29) is 45.8 Å². The lowest BCUT2D eigenvalue weighted by Gasteiger charge is -2.35. The van der Waals surface area contributed by atoms with Gasteiger partial charge in [0, 0.05) is 84.3 Å². The van der Waals surface area contributed by atoms with Gasteiger partial charge in [-0.3, -0.25) is 9.59 Å². The molecule has 12 heteroatoms. The summed E-state index contributed by atoms with van der Waals surface area (Å²) in [6.07, 6.45) is 1.08. The minimum atomic E-state index is -1.23. The Bertz CT molecular complexity index is 2730. The first kappa shape index (κ1) is 35.8. The van der Waals surface area contributed by atoms with Gasteiger partial charge in [-0.2, -0.15) is 0 Å². The molecule has 4 aromatic carbocycles. The summed E-state index contributed by atoms with van der Waals surface area (Å²) in [5.41, 5.74) is 6.06. The summed E-state index contributed by atoms with van der Waals surface area (Å²) < 4.78 is 12.3. The Balaban J connectivity index is 1.12. The van der Waals surface area contributed by atoms with E-state index in [1.807, 2.05) is 37.2 Å². The predicted molar refractivity (Wildman–Crippen MR) is 211 cm³/mol. The van der Waals surface area contributed by atoms with Crippen molar-refractivity contribution in [2.75, 3.05) is 19.0 Å². The van der Waals surface area contributed by atoms with E-state index in [4.69, 9.17) is 14.6 Å². The van der Waals surface area contributed by atoms with Gasteiger partial charge in [-0.05, 0) is 95.3 Å². The van der Waals surface area contributed by atoms with Crippen LogP contribution in [0.25, 0.3) is 39.0 Å². The van der Waals surface area contributed by atoms with Crippen LogP contribution in [0.5, 0.6) is 11.5 Å². The predicted octanol–water partition coefficient (Wildman–Crippen LogP) is 7.43. The van der Waals surface area contributed by atoms with Gasteiger partial charge in [0.25, 0.3) is 5.91 Å². The molecular weight excluding hydrogens is 714 g/mol. The van der Waals surface area contributed by atoms with E-state index in [0.29, 0.717) is 63.9 Å². The maximum absolute atomic E-state index is 13.6. The number of nitrogens with one attached hydrogen (secondary N) is 2. The number of carbonyl (C=O) groups is 3. The van der Waals surface area contributed by atoms with Crippen LogP contribution in [0.2, 0.25) is 0 Å². The Morgan fingerprint density at radius 3 is 2.32 bits per heavy atom. The number of phenolic OH excluding ortho intramolecular Hbond substituents is 1. The van der Waals surface area contributed by atoms with Crippen molar-refractivity contribution in [2.24, 2.45) is 0 Å². The molecule has 0 bridgehead atoms. The van der Waals surface area contributed by atoms with Gasteiger partial charge in [-0.25, -0.2) is 9.59 Å². The van der Waals surface area contributed by atoms with Crippen LogP contribution < -0.4 is 20.4 Å². The molecule has 1 fully saturated rings. The molecule has 1 atom stereocenters. The van der Waals surface area contributed by atoms with Gasteiger partial charge in [0.05, 0.1) is 11.1 Å². The van der Waals surface area contributed by atoms with E-state index in [1.165, 1.54) is 36.4 Å². The van der Waals surface area contributed by atoms with E-state index < -0.39 is 23.9 Å². The lowest BCUT2D eigenvalue weighted by atomic mass is 9.79. The summed E-state index contributed by atoms with van der Waals surface area (Å²) in [6.45, 7) is -0.0650. The smallest absolute Gasteiger partial charge is 0.336 e. The van der Waals surface area contributed by atoms with Crippen LogP contribution in [0.3, 0.4) is 0 Å². The van der Waals surface area contributed by atoms with Gasteiger partial charge in [0.2, 0.25) is 0 Å². The number of hydrogen-bond acceptors (Lipinski definition) is 9. The molecule has 5 N–H and O–H groups in total. The maximum atomic E-state index is 13.6. The minimum absolute atomic E-state index is 0.0620. The second-order valence-electron chi connectivity index (χ2n) is 14.1. The summed E-state index contributed by atoms with van der Waals surface area (Å²) in [7, 11) is 3.83. The van der Waals surface area contributed by atoms with Crippen molar-refractivity contribution in [3.05, 3.63) is 140 Å². The number of ether oxygens (including phenoxy) is 1. The van der Waals surface area contributed by atoms with Crippen LogP contribution in [-0.4, -0.2) is 59.1 Å². The van der Waals surface area contributed by atoms with Crippen LogP contribution >= 0.6 is 0 Å². The van der Waals surface area contributed by atoms with Gasteiger partial charge >= 0.3 is 11.9 Å². The second-order valence-corrected chi connectivity index (χ2v) is 14.1. The molecule has 8 rings (SSSR count). The number of aromatic carboxylic acids is 2. The highest BCUT2D eigenvalue weighted by molar-refractivity contribution is 6.08. The zero-order chi connectivity index (χ0) is 39.4. The number of rotatable bonds is 8. The molecular formula is C44H35N3O9. The highest BCUT2D eigenvalue weighted by Crippen LogP contribution is 2.46. The molecule has 0 saturated heterocycles. The zero-order valence-electron chi connectivity index (χ0n) is 30.3. The number of hydrogen-bond donors (Lipinski definition) is 5. The number of benzene rings is 5. The highest BCUT2D eigenvalue weighted by Gasteiger charge is 2.35. The Morgan fingerprint density at radius 1 is 0.821 bits per heavy atom. The van der Waals surface area contributed by atoms with E-state index in [9.17, 15) is 34.5 Å². The molecule has 4 aliphatic rings. The average molecular weight is 750 g/mol. The number of phenols is 1. The maximum Gasteiger partial charge on any atom is 0.336 e. The number of anilines is 1. The third-order valence-corrected chi connectivity index (χ3v) is 10.4. The van der Waals surface area contributed by atoms with E-state index in [2.05, 4.69) is 5.32 Å². The molecule has 1 unspecified atom stereocenters. The van der Waals surface area contributed by atoms with Crippen molar-refractivity contribution in [3.8, 4) is 33.9 Å². The third kappa shape index (κ3) is 6.40. The Kier molecular flexibility index (Phi) is 8.88. The molecule has 0 spiro atoms. The summed E-state index contributed by atoms with van der Waals surface area (Å²) in [5.74, 6) is -2.24. The molecule has 2 aliphatic carbocycles. The van der Waals surface area contributed by atoms with E-state index in [0.717, 1.165) is 22.4 Å². The lowest BCUT2D eigenvalue weighted by Crippen LogP contribution is -2.32. The monoisotopic (exact) mass is 749 g/mol. The van der Waals surface area contributed by atoms with Gasteiger partial charge in [-0.15, -0.1) is 0 Å². The molecule has 2 heterocycles. The fourth-order valence-electron chi connectivity index (χ4n) is 7.64. The van der Waals surface area contributed by atoms with Gasteiger partial charge in [0.1, 0.15) is 28.9 Å². The molecule has 4 aromatic rings. The number of carboxylic acid groups (broad SMARTS) is 2. The summed E-state index contributed by atoms with van der Waals surface area (Å²) in [5, 5.41) is 42.6. The lowest BCUT2D eigenvalue weighted by molar-refractivity contribution is 0.0686. The summed E-state index contributed by atoms with van der Waals surface area (Å²) in [6, 6.07) is 23.8. The first-order valence-corrected chi connectivity index (χ1v) is 17.9. The quantitative estimate of drug-likeness (QED) is 0.0979. The molecule has 2 aliphatic heterocycles. The summed E-state index contributed by atoms with van der Waals surface area (Å²) in [4.78, 5) is 53.2. The summed E-state index contributed by atoms with van der Waals surface area (Å²) >= 11 is 0. The van der Waals surface area contributed by atoms with Crippen molar-refractivity contribution in [2.45, 2.75) is 31.9 Å². The van der Waals surface area contributed by atoms with Crippen LogP contribution in [0.15, 0.2) is 106 Å². The number of amides is 1. The molecule has 1 saturated carbocycles. The highest BCUT2D eigenvalue weighted by atomic mass is 16.5. The molecule has 0 aromatic heterocycles. The van der Waals surface area contributed by atoms with Crippen molar-refractivity contribution in [1.82, 2.24) is 5.32 Å². The normalized spacial score (nSPS) is 14.9. The third-order valence-electron chi connectivity index (χ3n) is 10.4. The van der Waals surface area contributed by atoms with Crippen LogP contribution in [-0.2, 0) is 6.54 Å². The molecule has 0 radical (unpaired) electrons. The first-order chi connectivity index (χ1) is 26.9. The van der Waals surface area contributed by atoms with E-state index in [1.54, 1.807) is 36.4 Å². The topological polar surface area (TPSA) is 190 Å². The second kappa shape index (κ2) is 13.9. The van der Waals surface area contributed by atoms with Crippen molar-refractivity contribution in [3.63, 3.8) is 0 Å². The fraction of sp³-hybridized carbons (Fsp3) is 0.159. The molecule has 56 heavy (non-hydrogen) atoms. The van der Waals surface area contributed by atoms with Crippen molar-refractivity contribution in [1.29, 1.82) is 5.41 Å². The van der Waals surface area contributed by atoms with Crippen LogP contribution in [0.4, 0.5) is 5.69 Å². The SMILES string of the molecule is CN(C)c1ccc2c(c1)OC1CC(=N)CCC1=C2c1ccc(C(=O)NCc2ccc(-c3c4ccc(=O)cc-4oc4cc(O)ccc34)c(C(=O)O)c2)cc1C(=O)O. The molecule has 280 valence electrons. The fourth-order valence-corrected chi connectivity index (χ4v) is 7.64. The van der Waals surface area contributed by atoms with Crippen molar-refractivity contribution >= 4 is 45.8 Å². The minimum Gasteiger partial charge on any atom is -0.508 e. The Hall–Kier alpha value is -7.21. The number of aromatic hydroxyl groups is 1. The Morgan fingerprint density at radius 2 is 1.55 bits per heavy atom. The number of fused-ring (bicyclic) bond motifs is 4. The number of carboxylic acids is 2. The largest absolute Gasteiger partial charge is 0.508 e. The van der Waals surface area contributed by atoms with Gasteiger partial charge in [-0.1, -0.05) is 18.2 Å². The molecule has 1 amide bonds. The standard InChI is InChI=1S/C44H35N3O9/c1-47(2)25-6-12-31-37(18-25)55-36-17-24(45)5-11-30(36)41(31)29-10-4-23(16-35(29)44(53)54)42(50)46-21-22-3-9-28(34(15-22)43(51)52)40-32-13-7-26(48)19-38(32)56-39-20-27(49)8-14-33(39)40/h3-4,6-10,12-16,18-20,36,45,48H,5,11,17,21H2,1-2H3,(H,46,50)(H,51,52)(H,53,54). The van der Waals surface area contributed by atoms with Crippen molar-refractivity contribution < 1.29 is 38.9 Å². The number of carbonyl (C=O) groups excluding carboxylic acids is 1. The van der Waals surface area contributed by atoms with Crippen LogP contribution in [0, 0.1) is 5.41 Å². The Labute approximate surface area is 319 Å². The molecule has 12 nitrogen and oxygen atoms in total. The number of nitrogens with zero attached hydrogens (tertiary/aromatic N) is 1. The zero-order valence-corrected chi connectivity index (χ0v) is 30.3. The van der Waals surface area contributed by atoms with Gasteiger partial charge < -0.3 is 40.1 Å².